The first kappa shape index (κ1) is 15.2. The van der Waals surface area contributed by atoms with Crippen LogP contribution in [0.2, 0.25) is 0 Å². The highest BCUT2D eigenvalue weighted by Gasteiger charge is 2.01. The van der Waals surface area contributed by atoms with Crippen molar-refractivity contribution in [3.63, 3.8) is 0 Å². The molecule has 1 aromatic rings. The van der Waals surface area contributed by atoms with Crippen molar-refractivity contribution >= 4 is 0 Å². The summed E-state index contributed by atoms with van der Waals surface area (Å²) in [5.74, 6) is 1.17. The summed E-state index contributed by atoms with van der Waals surface area (Å²) in [6, 6.07) is 0. The van der Waals surface area contributed by atoms with Gasteiger partial charge in [-0.2, -0.15) is 0 Å². The van der Waals surface area contributed by atoms with Crippen molar-refractivity contribution in [2.45, 2.75) is 71.9 Å². The number of hydrogen-bond donors (Lipinski definition) is 1. The van der Waals surface area contributed by atoms with E-state index >= 15 is 0 Å². The van der Waals surface area contributed by atoms with Gasteiger partial charge in [0.1, 0.15) is 5.82 Å². The first-order valence-electron chi connectivity index (χ1n) is 7.59. The molecule has 3 nitrogen and oxygen atoms in total. The molecule has 3 heteroatoms. The molecule has 0 saturated heterocycles. The second kappa shape index (κ2) is 10.1. The van der Waals surface area contributed by atoms with Crippen molar-refractivity contribution < 1.29 is 0 Å². The lowest BCUT2D eigenvalue weighted by molar-refractivity contribution is 0.531. The average Bonchev–Trinajstić information content (AvgIpc) is 2.83. The first-order chi connectivity index (χ1) is 8.88. The van der Waals surface area contributed by atoms with E-state index in [0.717, 1.165) is 19.6 Å². The van der Waals surface area contributed by atoms with Crippen molar-refractivity contribution in [3.8, 4) is 0 Å². The first-order valence-corrected chi connectivity index (χ1v) is 7.59. The van der Waals surface area contributed by atoms with Gasteiger partial charge in [-0.25, -0.2) is 4.98 Å². The van der Waals surface area contributed by atoms with Gasteiger partial charge >= 0.3 is 0 Å². The van der Waals surface area contributed by atoms with Gasteiger partial charge in [-0.15, -0.1) is 0 Å². The molecule has 0 aliphatic carbocycles. The van der Waals surface area contributed by atoms with Crippen LogP contribution in [0.5, 0.6) is 0 Å². The fraction of sp³-hybridized carbons (Fsp3) is 0.800. The van der Waals surface area contributed by atoms with Gasteiger partial charge in [0.25, 0.3) is 0 Å². The third-order valence-corrected chi connectivity index (χ3v) is 3.34. The maximum Gasteiger partial charge on any atom is 0.122 e. The lowest BCUT2D eigenvalue weighted by Crippen LogP contribution is -2.16. The Kier molecular flexibility index (Phi) is 8.57. The van der Waals surface area contributed by atoms with E-state index in [1.807, 2.05) is 6.20 Å². The molecule has 0 aliphatic heterocycles. The molecule has 1 heterocycles. The van der Waals surface area contributed by atoms with Gasteiger partial charge in [0, 0.05) is 18.9 Å². The molecule has 0 bridgehead atoms. The Morgan fingerprint density at radius 3 is 2.50 bits per heavy atom. The standard InChI is InChI=1S/C15H29N3/c1-3-5-6-7-8-9-10-12-18-13-11-17-15(18)14-16-4-2/h11,13,16H,3-10,12,14H2,1-2H3. The Hall–Kier alpha value is -0.830. The Morgan fingerprint density at radius 1 is 1.06 bits per heavy atom. The van der Waals surface area contributed by atoms with E-state index < -0.39 is 0 Å². The Balaban J connectivity index is 2.09. The number of imidazole rings is 1. The van der Waals surface area contributed by atoms with Gasteiger partial charge in [0.2, 0.25) is 0 Å². The summed E-state index contributed by atoms with van der Waals surface area (Å²) in [6.45, 7) is 7.41. The third kappa shape index (κ3) is 6.20. The lowest BCUT2D eigenvalue weighted by atomic mass is 10.1. The summed E-state index contributed by atoms with van der Waals surface area (Å²) in [5, 5.41) is 3.33. The predicted molar refractivity (Wildman–Crippen MR) is 77.6 cm³/mol. The second-order valence-corrected chi connectivity index (χ2v) is 4.94. The highest BCUT2D eigenvalue weighted by molar-refractivity contribution is 4.91. The summed E-state index contributed by atoms with van der Waals surface area (Å²) in [5.41, 5.74) is 0. The van der Waals surface area contributed by atoms with E-state index in [0.29, 0.717) is 0 Å². The number of rotatable bonds is 11. The lowest BCUT2D eigenvalue weighted by Gasteiger charge is -2.08. The van der Waals surface area contributed by atoms with Gasteiger partial charge in [0.15, 0.2) is 0 Å². The van der Waals surface area contributed by atoms with Crippen molar-refractivity contribution in [2.24, 2.45) is 0 Å². The van der Waals surface area contributed by atoms with E-state index in [4.69, 9.17) is 0 Å². The Labute approximate surface area is 112 Å². The molecule has 1 aromatic heterocycles. The van der Waals surface area contributed by atoms with Gasteiger partial charge < -0.3 is 9.88 Å². The summed E-state index contributed by atoms with van der Waals surface area (Å²) in [4.78, 5) is 4.39. The zero-order valence-corrected chi connectivity index (χ0v) is 12.1. The van der Waals surface area contributed by atoms with Crippen LogP contribution >= 0.6 is 0 Å². The minimum Gasteiger partial charge on any atom is -0.334 e. The Morgan fingerprint density at radius 2 is 1.78 bits per heavy atom. The summed E-state index contributed by atoms with van der Waals surface area (Å²) < 4.78 is 2.29. The summed E-state index contributed by atoms with van der Waals surface area (Å²) in [7, 11) is 0. The van der Waals surface area contributed by atoms with Crippen molar-refractivity contribution in [1.82, 2.24) is 14.9 Å². The molecule has 0 radical (unpaired) electrons. The molecule has 104 valence electrons. The number of unbranched alkanes of at least 4 members (excludes halogenated alkanes) is 6. The maximum absolute atomic E-state index is 4.39. The van der Waals surface area contributed by atoms with Crippen LogP contribution in [0.15, 0.2) is 12.4 Å². The quantitative estimate of drug-likeness (QED) is 0.607. The monoisotopic (exact) mass is 251 g/mol. The molecular weight excluding hydrogens is 222 g/mol. The molecule has 0 atom stereocenters. The minimum absolute atomic E-state index is 0.889. The largest absolute Gasteiger partial charge is 0.334 e. The fourth-order valence-electron chi connectivity index (χ4n) is 2.19. The van der Waals surface area contributed by atoms with Crippen LogP contribution in [0.1, 0.15) is 64.6 Å². The normalized spacial score (nSPS) is 11.0. The smallest absolute Gasteiger partial charge is 0.122 e. The minimum atomic E-state index is 0.889. The molecule has 18 heavy (non-hydrogen) atoms. The number of aryl methyl sites for hydroxylation is 1. The molecule has 1 N–H and O–H groups in total. The molecule has 0 aromatic carbocycles. The van der Waals surface area contributed by atoms with Crippen LogP contribution in [-0.4, -0.2) is 16.1 Å². The van der Waals surface area contributed by atoms with E-state index in [1.165, 1.54) is 50.8 Å². The summed E-state index contributed by atoms with van der Waals surface area (Å²) >= 11 is 0. The highest BCUT2D eigenvalue weighted by atomic mass is 15.1. The van der Waals surface area contributed by atoms with E-state index in [-0.39, 0.29) is 0 Å². The molecule has 0 aliphatic rings. The number of aromatic nitrogens is 2. The molecule has 0 spiro atoms. The molecule has 0 amide bonds. The number of nitrogens with zero attached hydrogens (tertiary/aromatic N) is 2. The number of nitrogens with one attached hydrogen (secondary N) is 1. The van der Waals surface area contributed by atoms with Crippen LogP contribution in [0.3, 0.4) is 0 Å². The fourth-order valence-corrected chi connectivity index (χ4v) is 2.19. The number of hydrogen-bond acceptors (Lipinski definition) is 2. The molecular formula is C15H29N3. The zero-order valence-electron chi connectivity index (χ0n) is 12.1. The maximum atomic E-state index is 4.39. The van der Waals surface area contributed by atoms with Gasteiger partial charge in [-0.3, -0.25) is 0 Å². The predicted octanol–water partition coefficient (Wildman–Crippen LogP) is 3.74. The van der Waals surface area contributed by atoms with Crippen molar-refractivity contribution in [3.05, 3.63) is 18.2 Å². The van der Waals surface area contributed by atoms with Gasteiger partial charge in [0.05, 0.1) is 6.54 Å². The van der Waals surface area contributed by atoms with Crippen LogP contribution in [0.25, 0.3) is 0 Å². The van der Waals surface area contributed by atoms with Crippen LogP contribution in [0.4, 0.5) is 0 Å². The highest BCUT2D eigenvalue weighted by Crippen LogP contribution is 2.08. The van der Waals surface area contributed by atoms with Gasteiger partial charge in [-0.05, 0) is 13.0 Å². The molecule has 0 fully saturated rings. The van der Waals surface area contributed by atoms with E-state index in [9.17, 15) is 0 Å². The van der Waals surface area contributed by atoms with Gasteiger partial charge in [-0.1, -0.05) is 52.4 Å². The molecule has 1 rings (SSSR count). The average molecular weight is 251 g/mol. The van der Waals surface area contributed by atoms with Crippen molar-refractivity contribution in [2.75, 3.05) is 6.54 Å². The van der Waals surface area contributed by atoms with Crippen molar-refractivity contribution in [1.29, 1.82) is 0 Å². The topological polar surface area (TPSA) is 29.9 Å². The van der Waals surface area contributed by atoms with E-state index in [2.05, 4.69) is 34.9 Å². The second-order valence-electron chi connectivity index (χ2n) is 4.94. The molecule has 0 unspecified atom stereocenters. The van der Waals surface area contributed by atoms with Crippen LogP contribution in [0, 0.1) is 0 Å². The van der Waals surface area contributed by atoms with E-state index in [1.54, 1.807) is 0 Å². The Bertz CT molecular complexity index is 294. The summed E-state index contributed by atoms with van der Waals surface area (Å²) in [6.07, 6.45) is 13.6. The SMILES string of the molecule is CCCCCCCCCn1ccnc1CNCC. The van der Waals surface area contributed by atoms with Crippen LogP contribution in [-0.2, 0) is 13.1 Å². The van der Waals surface area contributed by atoms with Crippen LogP contribution < -0.4 is 5.32 Å². The molecule has 0 saturated carbocycles. The third-order valence-electron chi connectivity index (χ3n) is 3.34. The zero-order chi connectivity index (χ0) is 13.1.